The van der Waals surface area contributed by atoms with Crippen LogP contribution in [-0.2, 0) is 9.59 Å². The molecule has 1 saturated heterocycles. The summed E-state index contributed by atoms with van der Waals surface area (Å²) in [5.74, 6) is -0.338. The van der Waals surface area contributed by atoms with Gasteiger partial charge in [0.2, 0.25) is 5.91 Å². The van der Waals surface area contributed by atoms with Gasteiger partial charge in [-0.2, -0.15) is 0 Å². The number of hydrogen-bond donors (Lipinski definition) is 2. The summed E-state index contributed by atoms with van der Waals surface area (Å²) in [5, 5.41) is 9.43. The van der Waals surface area contributed by atoms with Crippen LogP contribution in [0.25, 0.3) is 0 Å². The molecule has 0 saturated carbocycles. The average molecular weight is 284 g/mol. The van der Waals surface area contributed by atoms with E-state index < -0.39 is 11.5 Å². The van der Waals surface area contributed by atoms with Crippen LogP contribution in [0.5, 0.6) is 0 Å². The smallest absolute Gasteiger partial charge is 0.329 e. The van der Waals surface area contributed by atoms with Gasteiger partial charge in [0, 0.05) is 13.0 Å². The molecule has 0 radical (unpaired) electrons. The first kappa shape index (κ1) is 17.0. The summed E-state index contributed by atoms with van der Waals surface area (Å²) >= 11 is 0. The van der Waals surface area contributed by atoms with Crippen LogP contribution in [-0.4, -0.2) is 40.5 Å². The molecule has 0 aliphatic carbocycles. The normalized spacial score (nSPS) is 24.8. The Kier molecular flexibility index (Phi) is 5.99. The van der Waals surface area contributed by atoms with Crippen molar-refractivity contribution in [2.45, 2.75) is 58.4 Å². The summed E-state index contributed by atoms with van der Waals surface area (Å²) in [7, 11) is 0. The fourth-order valence-corrected chi connectivity index (χ4v) is 3.03. The second-order valence-corrected chi connectivity index (χ2v) is 6.52. The lowest BCUT2D eigenvalue weighted by atomic mass is 9.86. The first-order valence-corrected chi connectivity index (χ1v) is 7.55. The van der Waals surface area contributed by atoms with Crippen LogP contribution in [0.2, 0.25) is 0 Å². The lowest BCUT2D eigenvalue weighted by molar-refractivity contribution is -0.161. The minimum absolute atomic E-state index is 0.0642. The van der Waals surface area contributed by atoms with Crippen LogP contribution in [0.4, 0.5) is 0 Å². The number of amides is 1. The van der Waals surface area contributed by atoms with Gasteiger partial charge in [-0.3, -0.25) is 4.79 Å². The zero-order chi connectivity index (χ0) is 15.3. The molecular weight excluding hydrogens is 256 g/mol. The number of carboxylic acids is 1. The van der Waals surface area contributed by atoms with Gasteiger partial charge in [0.1, 0.15) is 5.54 Å². The minimum Gasteiger partial charge on any atom is -0.480 e. The number of carbonyl (C=O) groups excluding carboxylic acids is 1. The molecule has 1 rings (SSSR count). The Bertz CT molecular complexity index is 357. The quantitative estimate of drug-likeness (QED) is 0.779. The molecule has 3 N–H and O–H groups in total. The minimum atomic E-state index is -1.05. The molecule has 0 spiro atoms. The maximum Gasteiger partial charge on any atom is 0.329 e. The Labute approximate surface area is 121 Å². The second-order valence-electron chi connectivity index (χ2n) is 6.52. The van der Waals surface area contributed by atoms with Crippen LogP contribution in [0, 0.1) is 11.8 Å². The van der Waals surface area contributed by atoms with E-state index in [-0.39, 0.29) is 11.8 Å². The van der Waals surface area contributed by atoms with E-state index in [2.05, 4.69) is 13.8 Å². The van der Waals surface area contributed by atoms with Gasteiger partial charge in [0.25, 0.3) is 0 Å². The highest BCUT2D eigenvalue weighted by atomic mass is 16.4. The van der Waals surface area contributed by atoms with Crippen LogP contribution in [0.15, 0.2) is 0 Å². The van der Waals surface area contributed by atoms with Crippen molar-refractivity contribution in [2.24, 2.45) is 17.6 Å². The fourth-order valence-electron chi connectivity index (χ4n) is 3.03. The number of nitrogens with zero attached hydrogens (tertiary/aromatic N) is 1. The van der Waals surface area contributed by atoms with Crippen molar-refractivity contribution in [3.8, 4) is 0 Å². The molecule has 1 amide bonds. The highest BCUT2D eigenvalue weighted by Crippen LogP contribution is 2.30. The SMILES string of the molecule is CC(C)C[C@H](CN)CC(=O)N1CCCCC1(C)C(=O)O. The lowest BCUT2D eigenvalue weighted by Gasteiger charge is -2.42. The summed E-state index contributed by atoms with van der Waals surface area (Å²) in [5.41, 5.74) is 4.69. The monoisotopic (exact) mass is 284 g/mol. The van der Waals surface area contributed by atoms with E-state index in [1.54, 1.807) is 11.8 Å². The van der Waals surface area contributed by atoms with Crippen molar-refractivity contribution in [2.75, 3.05) is 13.1 Å². The van der Waals surface area contributed by atoms with Gasteiger partial charge in [-0.05, 0) is 51.0 Å². The molecule has 0 aromatic rings. The molecule has 116 valence electrons. The second kappa shape index (κ2) is 7.07. The van der Waals surface area contributed by atoms with Crippen molar-refractivity contribution in [1.82, 2.24) is 4.90 Å². The molecule has 0 aromatic carbocycles. The maximum atomic E-state index is 12.5. The molecule has 0 aromatic heterocycles. The third-order valence-corrected chi connectivity index (χ3v) is 4.25. The van der Waals surface area contributed by atoms with Gasteiger partial charge in [-0.15, -0.1) is 0 Å². The predicted octanol–water partition coefficient (Wildman–Crippen LogP) is 1.85. The molecule has 20 heavy (non-hydrogen) atoms. The number of aliphatic carboxylic acids is 1. The Balaban J connectivity index is 2.75. The molecule has 5 nitrogen and oxygen atoms in total. The number of likely N-dealkylation sites (tertiary alicyclic amines) is 1. The van der Waals surface area contributed by atoms with Crippen molar-refractivity contribution in [3.05, 3.63) is 0 Å². The summed E-state index contributed by atoms with van der Waals surface area (Å²) in [6.07, 6.45) is 3.54. The van der Waals surface area contributed by atoms with Crippen LogP contribution in [0.3, 0.4) is 0 Å². The molecule has 1 fully saturated rings. The number of piperidine rings is 1. The van der Waals surface area contributed by atoms with E-state index in [1.165, 1.54) is 0 Å². The van der Waals surface area contributed by atoms with E-state index in [0.717, 1.165) is 19.3 Å². The molecule has 1 heterocycles. The van der Waals surface area contributed by atoms with Gasteiger partial charge in [0.15, 0.2) is 0 Å². The van der Waals surface area contributed by atoms with Crippen LogP contribution in [0.1, 0.15) is 52.9 Å². The van der Waals surface area contributed by atoms with Gasteiger partial charge in [-0.25, -0.2) is 4.79 Å². The maximum absolute atomic E-state index is 12.5. The zero-order valence-electron chi connectivity index (χ0n) is 12.9. The zero-order valence-corrected chi connectivity index (χ0v) is 12.9. The molecule has 1 unspecified atom stereocenters. The standard InChI is InChI=1S/C15H28N2O3/c1-11(2)8-12(10-16)9-13(18)17-7-5-4-6-15(17,3)14(19)20/h11-12H,4-10,16H2,1-3H3,(H,19,20)/t12-,15?/m0/s1. The topological polar surface area (TPSA) is 83.6 Å². The predicted molar refractivity (Wildman–Crippen MR) is 78.2 cm³/mol. The number of rotatable bonds is 6. The molecule has 1 aliphatic rings. The molecule has 2 atom stereocenters. The molecule has 0 bridgehead atoms. The highest BCUT2D eigenvalue weighted by molar-refractivity contribution is 5.87. The van der Waals surface area contributed by atoms with E-state index in [9.17, 15) is 14.7 Å². The van der Waals surface area contributed by atoms with E-state index in [0.29, 0.717) is 31.8 Å². The third kappa shape index (κ3) is 3.95. The van der Waals surface area contributed by atoms with E-state index in [4.69, 9.17) is 5.73 Å². The van der Waals surface area contributed by atoms with Gasteiger partial charge in [-0.1, -0.05) is 13.8 Å². The number of nitrogens with two attached hydrogens (primary N) is 1. The van der Waals surface area contributed by atoms with Crippen molar-refractivity contribution >= 4 is 11.9 Å². The average Bonchev–Trinajstić information content (AvgIpc) is 2.37. The molecule has 1 aliphatic heterocycles. The van der Waals surface area contributed by atoms with Gasteiger partial charge >= 0.3 is 5.97 Å². The molecular formula is C15H28N2O3. The van der Waals surface area contributed by atoms with Crippen molar-refractivity contribution < 1.29 is 14.7 Å². The Morgan fingerprint density at radius 2 is 2.00 bits per heavy atom. The summed E-state index contributed by atoms with van der Waals surface area (Å²) < 4.78 is 0. The third-order valence-electron chi connectivity index (χ3n) is 4.25. The Hall–Kier alpha value is -1.10. The summed E-state index contributed by atoms with van der Waals surface area (Å²) in [6.45, 7) is 6.89. The van der Waals surface area contributed by atoms with Crippen molar-refractivity contribution in [3.63, 3.8) is 0 Å². The first-order chi connectivity index (χ1) is 9.31. The first-order valence-electron chi connectivity index (χ1n) is 7.55. The van der Waals surface area contributed by atoms with E-state index >= 15 is 0 Å². The van der Waals surface area contributed by atoms with Crippen molar-refractivity contribution in [1.29, 1.82) is 0 Å². The number of hydrogen-bond acceptors (Lipinski definition) is 3. The number of carboxylic acid groups (broad SMARTS) is 1. The fraction of sp³-hybridized carbons (Fsp3) is 0.867. The van der Waals surface area contributed by atoms with Gasteiger partial charge < -0.3 is 15.7 Å². The largest absolute Gasteiger partial charge is 0.480 e. The lowest BCUT2D eigenvalue weighted by Crippen LogP contribution is -2.57. The summed E-state index contributed by atoms with van der Waals surface area (Å²) in [6, 6.07) is 0. The highest BCUT2D eigenvalue weighted by Gasteiger charge is 2.43. The van der Waals surface area contributed by atoms with Crippen LogP contribution < -0.4 is 5.73 Å². The Morgan fingerprint density at radius 1 is 1.35 bits per heavy atom. The van der Waals surface area contributed by atoms with Crippen LogP contribution >= 0.6 is 0 Å². The van der Waals surface area contributed by atoms with E-state index in [1.807, 2.05) is 0 Å². The number of carbonyl (C=O) groups is 2. The van der Waals surface area contributed by atoms with Gasteiger partial charge in [0.05, 0.1) is 0 Å². The summed E-state index contributed by atoms with van der Waals surface area (Å²) in [4.78, 5) is 25.5. The molecule has 5 heteroatoms. The Morgan fingerprint density at radius 3 is 2.50 bits per heavy atom.